The van der Waals surface area contributed by atoms with Gasteiger partial charge in [0, 0.05) is 21.3 Å². The maximum absolute atomic E-state index is 4.34. The molecule has 0 spiro atoms. The summed E-state index contributed by atoms with van der Waals surface area (Å²) >= 11 is 8.54. The van der Waals surface area contributed by atoms with Crippen molar-refractivity contribution in [1.82, 2.24) is 4.98 Å². The standard InChI is InChI=1S/C11H10Br2N2S/c1-7-10(2-3-11(13)15-7)14-5-9-4-8(12)6-16-9/h2-4,6,14H,5H2,1H3. The third-order valence-electron chi connectivity index (χ3n) is 2.13. The predicted molar refractivity (Wildman–Crippen MR) is 76.0 cm³/mol. The first-order valence-electron chi connectivity index (χ1n) is 4.75. The Labute approximate surface area is 115 Å². The topological polar surface area (TPSA) is 24.9 Å². The quantitative estimate of drug-likeness (QED) is 0.809. The van der Waals surface area contributed by atoms with Crippen LogP contribution in [0.5, 0.6) is 0 Å². The highest BCUT2D eigenvalue weighted by Crippen LogP contribution is 2.22. The Bertz CT molecular complexity index is 496. The molecule has 0 amide bonds. The summed E-state index contributed by atoms with van der Waals surface area (Å²) < 4.78 is 2.01. The number of hydrogen-bond donors (Lipinski definition) is 1. The molecular formula is C11H10Br2N2S. The van der Waals surface area contributed by atoms with Gasteiger partial charge in [0.15, 0.2) is 0 Å². The average Bonchev–Trinajstić information content (AvgIpc) is 2.63. The molecule has 0 saturated heterocycles. The van der Waals surface area contributed by atoms with Crippen LogP contribution in [0, 0.1) is 6.92 Å². The number of hydrogen-bond acceptors (Lipinski definition) is 3. The molecule has 0 aliphatic carbocycles. The molecule has 0 aliphatic rings. The Kier molecular flexibility index (Phi) is 4.00. The van der Waals surface area contributed by atoms with Crippen LogP contribution in [0.15, 0.2) is 32.7 Å². The van der Waals surface area contributed by atoms with Crippen molar-refractivity contribution in [3.05, 3.63) is 43.2 Å². The minimum absolute atomic E-state index is 0.834. The summed E-state index contributed by atoms with van der Waals surface area (Å²) in [5.41, 5.74) is 2.08. The molecule has 0 radical (unpaired) electrons. The molecule has 2 rings (SSSR count). The molecule has 0 fully saturated rings. The van der Waals surface area contributed by atoms with Crippen LogP contribution < -0.4 is 5.32 Å². The van der Waals surface area contributed by atoms with Crippen LogP contribution in [0.25, 0.3) is 0 Å². The zero-order valence-electron chi connectivity index (χ0n) is 8.63. The first-order valence-corrected chi connectivity index (χ1v) is 7.21. The average molecular weight is 362 g/mol. The molecule has 2 heterocycles. The first kappa shape index (κ1) is 12.1. The van der Waals surface area contributed by atoms with Gasteiger partial charge in [0.05, 0.1) is 11.4 Å². The summed E-state index contributed by atoms with van der Waals surface area (Å²) in [4.78, 5) is 5.64. The van der Waals surface area contributed by atoms with Gasteiger partial charge in [-0.05, 0) is 57.0 Å². The number of aryl methyl sites for hydroxylation is 1. The van der Waals surface area contributed by atoms with E-state index in [0.29, 0.717) is 0 Å². The van der Waals surface area contributed by atoms with Crippen LogP contribution >= 0.6 is 43.2 Å². The molecule has 0 aromatic carbocycles. The van der Waals surface area contributed by atoms with E-state index >= 15 is 0 Å². The summed E-state index contributed by atoms with van der Waals surface area (Å²) in [5.74, 6) is 0. The molecule has 16 heavy (non-hydrogen) atoms. The van der Waals surface area contributed by atoms with E-state index < -0.39 is 0 Å². The molecule has 0 bridgehead atoms. The molecule has 2 nitrogen and oxygen atoms in total. The van der Waals surface area contributed by atoms with Crippen molar-refractivity contribution in [2.75, 3.05) is 5.32 Å². The Balaban J connectivity index is 2.04. The van der Waals surface area contributed by atoms with Gasteiger partial charge in [0.25, 0.3) is 0 Å². The summed E-state index contributed by atoms with van der Waals surface area (Å²) in [7, 11) is 0. The third kappa shape index (κ3) is 3.06. The van der Waals surface area contributed by atoms with Crippen molar-refractivity contribution in [3.8, 4) is 0 Å². The molecule has 0 aliphatic heterocycles. The SMILES string of the molecule is Cc1nc(Br)ccc1NCc1cc(Br)cs1. The van der Waals surface area contributed by atoms with Crippen LogP contribution in [0.2, 0.25) is 0 Å². The fraction of sp³-hybridized carbons (Fsp3) is 0.182. The maximum Gasteiger partial charge on any atom is 0.106 e. The number of pyridine rings is 1. The smallest absolute Gasteiger partial charge is 0.106 e. The molecule has 2 aromatic rings. The summed E-state index contributed by atoms with van der Waals surface area (Å²) in [6.45, 7) is 2.83. The Hall–Kier alpha value is -0.390. The number of nitrogens with one attached hydrogen (secondary N) is 1. The van der Waals surface area contributed by atoms with Gasteiger partial charge in [0.2, 0.25) is 0 Å². The fourth-order valence-electron chi connectivity index (χ4n) is 1.35. The second-order valence-electron chi connectivity index (χ2n) is 3.35. The molecule has 5 heteroatoms. The van der Waals surface area contributed by atoms with E-state index in [-0.39, 0.29) is 0 Å². The van der Waals surface area contributed by atoms with Gasteiger partial charge in [-0.25, -0.2) is 4.98 Å². The maximum atomic E-state index is 4.34. The summed E-state index contributed by atoms with van der Waals surface area (Å²) in [5, 5.41) is 5.46. The summed E-state index contributed by atoms with van der Waals surface area (Å²) in [6, 6.07) is 6.11. The highest BCUT2D eigenvalue weighted by molar-refractivity contribution is 9.10. The van der Waals surface area contributed by atoms with E-state index in [0.717, 1.165) is 27.0 Å². The van der Waals surface area contributed by atoms with Gasteiger partial charge in [-0.2, -0.15) is 0 Å². The van der Waals surface area contributed by atoms with Crippen molar-refractivity contribution in [3.63, 3.8) is 0 Å². The monoisotopic (exact) mass is 360 g/mol. The lowest BCUT2D eigenvalue weighted by Crippen LogP contribution is -2.00. The normalized spacial score (nSPS) is 10.4. The van der Waals surface area contributed by atoms with Gasteiger partial charge in [-0.1, -0.05) is 0 Å². The summed E-state index contributed by atoms with van der Waals surface area (Å²) in [6.07, 6.45) is 0. The number of halogens is 2. The van der Waals surface area contributed by atoms with E-state index in [1.54, 1.807) is 11.3 Å². The van der Waals surface area contributed by atoms with Crippen LogP contribution in [0.1, 0.15) is 10.6 Å². The number of anilines is 1. The van der Waals surface area contributed by atoms with Crippen molar-refractivity contribution >= 4 is 48.9 Å². The number of rotatable bonds is 3. The van der Waals surface area contributed by atoms with Crippen LogP contribution in [0.3, 0.4) is 0 Å². The first-order chi connectivity index (χ1) is 7.65. The van der Waals surface area contributed by atoms with Crippen molar-refractivity contribution in [2.24, 2.45) is 0 Å². The Morgan fingerprint density at radius 3 is 2.81 bits per heavy atom. The van der Waals surface area contributed by atoms with Gasteiger partial charge < -0.3 is 5.32 Å². The lowest BCUT2D eigenvalue weighted by molar-refractivity contribution is 1.11. The van der Waals surface area contributed by atoms with Crippen LogP contribution in [-0.4, -0.2) is 4.98 Å². The third-order valence-corrected chi connectivity index (χ3v) is 4.27. The minimum atomic E-state index is 0.834. The van der Waals surface area contributed by atoms with Crippen molar-refractivity contribution in [2.45, 2.75) is 13.5 Å². The highest BCUT2D eigenvalue weighted by Gasteiger charge is 2.01. The second kappa shape index (κ2) is 5.29. The van der Waals surface area contributed by atoms with Crippen LogP contribution in [-0.2, 0) is 6.54 Å². The van der Waals surface area contributed by atoms with Gasteiger partial charge in [0.1, 0.15) is 4.60 Å². The van der Waals surface area contributed by atoms with E-state index in [9.17, 15) is 0 Å². The van der Waals surface area contributed by atoms with E-state index in [1.807, 2.05) is 19.1 Å². The molecule has 0 unspecified atom stereocenters. The minimum Gasteiger partial charge on any atom is -0.379 e. The van der Waals surface area contributed by atoms with E-state index in [4.69, 9.17) is 0 Å². The Morgan fingerprint density at radius 1 is 1.38 bits per heavy atom. The number of thiophene rings is 1. The number of aromatic nitrogens is 1. The van der Waals surface area contributed by atoms with Gasteiger partial charge in [-0.3, -0.25) is 0 Å². The van der Waals surface area contributed by atoms with E-state index in [1.165, 1.54) is 4.88 Å². The van der Waals surface area contributed by atoms with Crippen molar-refractivity contribution < 1.29 is 0 Å². The predicted octanol–water partition coefficient (Wildman–Crippen LogP) is 4.59. The van der Waals surface area contributed by atoms with Crippen molar-refractivity contribution in [1.29, 1.82) is 0 Å². The largest absolute Gasteiger partial charge is 0.379 e. The molecular weight excluding hydrogens is 352 g/mol. The molecule has 1 N–H and O–H groups in total. The molecule has 0 saturated carbocycles. The lowest BCUT2D eigenvalue weighted by Gasteiger charge is -2.07. The zero-order valence-corrected chi connectivity index (χ0v) is 12.6. The second-order valence-corrected chi connectivity index (χ2v) is 6.08. The zero-order chi connectivity index (χ0) is 11.5. The molecule has 84 valence electrons. The lowest BCUT2D eigenvalue weighted by atomic mass is 10.3. The van der Waals surface area contributed by atoms with E-state index in [2.05, 4.69) is 53.6 Å². The van der Waals surface area contributed by atoms with Gasteiger partial charge >= 0.3 is 0 Å². The van der Waals surface area contributed by atoms with Gasteiger partial charge in [-0.15, -0.1) is 11.3 Å². The molecule has 2 aromatic heterocycles. The highest BCUT2D eigenvalue weighted by atomic mass is 79.9. The Morgan fingerprint density at radius 2 is 2.19 bits per heavy atom. The fourth-order valence-corrected chi connectivity index (χ4v) is 3.13. The molecule has 0 atom stereocenters. The van der Waals surface area contributed by atoms with Crippen LogP contribution in [0.4, 0.5) is 5.69 Å². The number of nitrogens with zero attached hydrogens (tertiary/aromatic N) is 1.